The minimum Gasteiger partial charge on any atom is -0.414 e. The lowest BCUT2D eigenvalue weighted by molar-refractivity contribution is 0.147. The third-order valence-electron chi connectivity index (χ3n) is 2.66. The van der Waals surface area contributed by atoms with E-state index in [-0.39, 0.29) is 0 Å². The molecule has 0 aromatic carbocycles. The van der Waals surface area contributed by atoms with Crippen LogP contribution in [0.4, 0.5) is 0 Å². The lowest BCUT2D eigenvalue weighted by Gasteiger charge is -2.26. The highest BCUT2D eigenvalue weighted by Crippen LogP contribution is 2.47. The van der Waals surface area contributed by atoms with Crippen molar-refractivity contribution in [3.8, 4) is 0 Å². The summed E-state index contributed by atoms with van der Waals surface area (Å²) in [6.07, 6.45) is 6.41. The Morgan fingerprint density at radius 1 is 1.00 bits per heavy atom. The lowest BCUT2D eigenvalue weighted by atomic mass is 10.1. The maximum absolute atomic E-state index is 6.22. The minimum atomic E-state index is -1.27. The zero-order chi connectivity index (χ0) is 8.77. The van der Waals surface area contributed by atoms with Crippen LogP contribution >= 0.6 is 0 Å². The van der Waals surface area contributed by atoms with E-state index in [1.165, 1.54) is 25.7 Å². The van der Waals surface area contributed by atoms with Gasteiger partial charge in [-0.1, -0.05) is 0 Å². The molecule has 0 N–H and O–H groups in total. The van der Waals surface area contributed by atoms with Gasteiger partial charge in [0.1, 0.15) is 0 Å². The highest BCUT2D eigenvalue weighted by Gasteiger charge is 2.43. The highest BCUT2D eigenvalue weighted by atomic mass is 28.4. The van der Waals surface area contributed by atoms with Crippen molar-refractivity contribution in [1.82, 2.24) is 0 Å². The molecule has 0 unspecified atom stereocenters. The molecule has 0 bridgehead atoms. The first kappa shape index (κ1) is 8.76. The SMILES string of the molecule is C[Si](C)(C)OC(C1CC1)C1CC1. The van der Waals surface area contributed by atoms with Gasteiger partial charge in [-0.25, -0.2) is 0 Å². The van der Waals surface area contributed by atoms with E-state index in [1.807, 2.05) is 0 Å². The molecule has 12 heavy (non-hydrogen) atoms. The zero-order valence-electron chi connectivity index (χ0n) is 8.47. The van der Waals surface area contributed by atoms with Gasteiger partial charge < -0.3 is 4.43 Å². The average molecular weight is 184 g/mol. The van der Waals surface area contributed by atoms with Crippen LogP contribution < -0.4 is 0 Å². The summed E-state index contributed by atoms with van der Waals surface area (Å²) in [6, 6.07) is 0. The van der Waals surface area contributed by atoms with Gasteiger partial charge in [0, 0.05) is 0 Å². The molecule has 0 heterocycles. The maximum atomic E-state index is 6.22. The van der Waals surface area contributed by atoms with E-state index in [2.05, 4.69) is 19.6 Å². The van der Waals surface area contributed by atoms with Crippen LogP contribution in [0.25, 0.3) is 0 Å². The Kier molecular flexibility index (Phi) is 2.08. The molecule has 0 atom stereocenters. The monoisotopic (exact) mass is 184 g/mol. The Morgan fingerprint density at radius 2 is 1.42 bits per heavy atom. The fourth-order valence-corrected chi connectivity index (χ4v) is 3.04. The summed E-state index contributed by atoms with van der Waals surface area (Å²) in [5, 5.41) is 0. The summed E-state index contributed by atoms with van der Waals surface area (Å²) < 4.78 is 6.22. The molecule has 0 aromatic rings. The van der Waals surface area contributed by atoms with Gasteiger partial charge in [-0.3, -0.25) is 0 Å². The average Bonchev–Trinajstić information content (AvgIpc) is 2.78. The lowest BCUT2D eigenvalue weighted by Crippen LogP contribution is -2.34. The van der Waals surface area contributed by atoms with E-state index >= 15 is 0 Å². The maximum Gasteiger partial charge on any atom is 0.184 e. The van der Waals surface area contributed by atoms with E-state index in [0.29, 0.717) is 6.10 Å². The quantitative estimate of drug-likeness (QED) is 0.610. The summed E-state index contributed by atoms with van der Waals surface area (Å²) in [7, 11) is -1.27. The Bertz CT molecular complexity index is 153. The van der Waals surface area contributed by atoms with Gasteiger partial charge in [-0.2, -0.15) is 0 Å². The van der Waals surface area contributed by atoms with Crippen molar-refractivity contribution >= 4 is 8.32 Å². The molecule has 70 valence electrons. The Hall–Kier alpha value is 0.177. The predicted molar refractivity (Wildman–Crippen MR) is 53.7 cm³/mol. The standard InChI is InChI=1S/C10H20OSi/c1-12(2,3)11-10(8-4-5-8)9-6-7-9/h8-10H,4-7H2,1-3H3. The second-order valence-corrected chi connectivity index (χ2v) is 9.83. The van der Waals surface area contributed by atoms with Crippen molar-refractivity contribution in [2.75, 3.05) is 0 Å². The molecule has 1 nitrogen and oxygen atoms in total. The Balaban J connectivity index is 1.88. The fraction of sp³-hybridized carbons (Fsp3) is 1.00. The molecule has 0 amide bonds. The molecular formula is C10H20OSi. The van der Waals surface area contributed by atoms with Crippen LogP contribution in [-0.2, 0) is 4.43 Å². The van der Waals surface area contributed by atoms with Gasteiger partial charge in [0.05, 0.1) is 6.10 Å². The van der Waals surface area contributed by atoms with Gasteiger partial charge in [0.15, 0.2) is 8.32 Å². The first-order chi connectivity index (χ1) is 5.56. The van der Waals surface area contributed by atoms with Crippen molar-refractivity contribution in [3.63, 3.8) is 0 Å². The number of hydrogen-bond acceptors (Lipinski definition) is 1. The third kappa shape index (κ3) is 2.33. The molecule has 2 heteroatoms. The van der Waals surface area contributed by atoms with E-state index in [0.717, 1.165) is 11.8 Å². The molecule has 0 aliphatic heterocycles. The van der Waals surface area contributed by atoms with Gasteiger partial charge in [0.2, 0.25) is 0 Å². The van der Waals surface area contributed by atoms with Crippen LogP contribution in [0.15, 0.2) is 0 Å². The number of rotatable bonds is 4. The van der Waals surface area contributed by atoms with E-state index in [4.69, 9.17) is 4.43 Å². The van der Waals surface area contributed by atoms with Crippen molar-refractivity contribution in [2.24, 2.45) is 11.8 Å². The van der Waals surface area contributed by atoms with Crippen LogP contribution in [-0.4, -0.2) is 14.4 Å². The normalized spacial score (nSPS) is 25.0. The van der Waals surface area contributed by atoms with Crippen LogP contribution in [0.5, 0.6) is 0 Å². The zero-order valence-corrected chi connectivity index (χ0v) is 9.47. The Labute approximate surface area is 76.6 Å². The molecule has 2 rings (SSSR count). The summed E-state index contributed by atoms with van der Waals surface area (Å²) in [6.45, 7) is 6.93. The summed E-state index contributed by atoms with van der Waals surface area (Å²) in [5.74, 6) is 1.90. The molecular weight excluding hydrogens is 164 g/mol. The highest BCUT2D eigenvalue weighted by molar-refractivity contribution is 6.69. The first-order valence-corrected chi connectivity index (χ1v) is 8.65. The van der Waals surface area contributed by atoms with Crippen LogP contribution in [0.1, 0.15) is 25.7 Å². The van der Waals surface area contributed by atoms with Crippen molar-refractivity contribution < 1.29 is 4.43 Å². The van der Waals surface area contributed by atoms with Gasteiger partial charge in [0.25, 0.3) is 0 Å². The molecule has 2 aliphatic carbocycles. The Morgan fingerprint density at radius 3 is 1.67 bits per heavy atom. The van der Waals surface area contributed by atoms with Crippen molar-refractivity contribution in [3.05, 3.63) is 0 Å². The molecule has 2 saturated carbocycles. The van der Waals surface area contributed by atoms with E-state index in [1.54, 1.807) is 0 Å². The predicted octanol–water partition coefficient (Wildman–Crippen LogP) is 3.03. The molecule has 0 saturated heterocycles. The molecule has 0 radical (unpaired) electrons. The van der Waals surface area contributed by atoms with E-state index < -0.39 is 8.32 Å². The van der Waals surface area contributed by atoms with Crippen molar-refractivity contribution in [1.29, 1.82) is 0 Å². The fourth-order valence-electron chi connectivity index (χ4n) is 1.84. The van der Waals surface area contributed by atoms with Gasteiger partial charge in [-0.15, -0.1) is 0 Å². The van der Waals surface area contributed by atoms with Crippen LogP contribution in [0.3, 0.4) is 0 Å². The first-order valence-electron chi connectivity index (χ1n) is 5.24. The minimum absolute atomic E-state index is 0.664. The topological polar surface area (TPSA) is 9.23 Å². The molecule has 0 spiro atoms. The number of hydrogen-bond donors (Lipinski definition) is 0. The van der Waals surface area contributed by atoms with Gasteiger partial charge in [-0.05, 0) is 57.2 Å². The van der Waals surface area contributed by atoms with Gasteiger partial charge >= 0.3 is 0 Å². The largest absolute Gasteiger partial charge is 0.414 e. The second kappa shape index (κ2) is 2.84. The second-order valence-electron chi connectivity index (χ2n) is 5.37. The molecule has 2 fully saturated rings. The summed E-state index contributed by atoms with van der Waals surface area (Å²) in [4.78, 5) is 0. The van der Waals surface area contributed by atoms with Crippen LogP contribution in [0, 0.1) is 11.8 Å². The van der Waals surface area contributed by atoms with E-state index in [9.17, 15) is 0 Å². The smallest absolute Gasteiger partial charge is 0.184 e. The summed E-state index contributed by atoms with van der Waals surface area (Å²) in [5.41, 5.74) is 0. The van der Waals surface area contributed by atoms with Crippen molar-refractivity contribution in [2.45, 2.75) is 51.4 Å². The third-order valence-corrected chi connectivity index (χ3v) is 3.64. The summed E-state index contributed by atoms with van der Waals surface area (Å²) >= 11 is 0. The molecule has 0 aromatic heterocycles. The molecule has 2 aliphatic rings. The van der Waals surface area contributed by atoms with Crippen LogP contribution in [0.2, 0.25) is 19.6 Å².